The van der Waals surface area contributed by atoms with Crippen molar-refractivity contribution in [3.8, 4) is 17.2 Å². The molecule has 0 amide bonds. The van der Waals surface area contributed by atoms with E-state index < -0.39 is 0 Å². The van der Waals surface area contributed by atoms with Gasteiger partial charge < -0.3 is 19.9 Å². The van der Waals surface area contributed by atoms with E-state index in [0.29, 0.717) is 19.8 Å². The van der Waals surface area contributed by atoms with E-state index in [4.69, 9.17) is 19.9 Å². The maximum atomic E-state index is 5.91. The summed E-state index contributed by atoms with van der Waals surface area (Å²) < 4.78 is 16.8. The lowest BCUT2D eigenvalue weighted by Crippen LogP contribution is -2.24. The summed E-state index contributed by atoms with van der Waals surface area (Å²) in [5, 5.41) is 0. The number of rotatable bonds is 3. The summed E-state index contributed by atoms with van der Waals surface area (Å²) in [4.78, 5) is 0. The number of ether oxygens (including phenoxy) is 3. The monoisotopic (exact) mass is 235 g/mol. The van der Waals surface area contributed by atoms with Crippen LogP contribution in [0.5, 0.6) is 17.2 Å². The third-order valence-corrected chi connectivity index (χ3v) is 3.67. The molecule has 4 heteroatoms. The van der Waals surface area contributed by atoms with Gasteiger partial charge >= 0.3 is 0 Å². The zero-order chi connectivity index (χ0) is 11.9. The van der Waals surface area contributed by atoms with E-state index in [1.54, 1.807) is 7.11 Å². The Bertz CT molecular complexity index is 441. The second-order valence-corrected chi connectivity index (χ2v) is 4.65. The van der Waals surface area contributed by atoms with Crippen molar-refractivity contribution in [3.05, 3.63) is 17.7 Å². The Morgan fingerprint density at radius 2 is 2.06 bits per heavy atom. The zero-order valence-corrected chi connectivity index (χ0v) is 9.99. The average molecular weight is 235 g/mol. The molecule has 0 aromatic heterocycles. The summed E-state index contributed by atoms with van der Waals surface area (Å²) in [7, 11) is 1.68. The Morgan fingerprint density at radius 3 is 2.71 bits per heavy atom. The van der Waals surface area contributed by atoms with E-state index in [-0.39, 0.29) is 5.41 Å². The first-order valence-corrected chi connectivity index (χ1v) is 5.98. The summed E-state index contributed by atoms with van der Waals surface area (Å²) in [6, 6.07) is 3.85. The first kappa shape index (κ1) is 10.7. The number of fused-ring (bicyclic) bond motifs is 1. The normalized spacial score (nSPS) is 19.9. The molecule has 4 nitrogen and oxygen atoms in total. The predicted molar refractivity (Wildman–Crippen MR) is 64.0 cm³/mol. The molecule has 92 valence electrons. The maximum absolute atomic E-state index is 5.91. The standard InChI is InChI=1S/C13H17NO3/c1-15-9-2-3-10-12(17-7-6-16-10)11(9)13(8-14)4-5-13/h2-3H,4-8,14H2,1H3. The van der Waals surface area contributed by atoms with Gasteiger partial charge in [0.1, 0.15) is 19.0 Å². The molecule has 3 rings (SSSR count). The number of hydrogen-bond acceptors (Lipinski definition) is 4. The van der Waals surface area contributed by atoms with Crippen molar-refractivity contribution in [1.82, 2.24) is 0 Å². The molecule has 1 saturated carbocycles. The molecule has 1 aromatic rings. The smallest absolute Gasteiger partial charge is 0.168 e. The highest BCUT2D eigenvalue weighted by molar-refractivity contribution is 5.59. The molecule has 0 bridgehead atoms. The van der Waals surface area contributed by atoms with Crippen LogP contribution in [0.25, 0.3) is 0 Å². The summed E-state index contributed by atoms with van der Waals surface area (Å²) in [5.74, 6) is 2.50. The van der Waals surface area contributed by atoms with E-state index in [9.17, 15) is 0 Å². The van der Waals surface area contributed by atoms with Crippen LogP contribution in [0, 0.1) is 0 Å². The summed E-state index contributed by atoms with van der Waals surface area (Å²) in [6.45, 7) is 1.82. The number of nitrogens with two attached hydrogens (primary N) is 1. The van der Waals surface area contributed by atoms with E-state index >= 15 is 0 Å². The van der Waals surface area contributed by atoms with Gasteiger partial charge in [-0.1, -0.05) is 0 Å². The van der Waals surface area contributed by atoms with Gasteiger partial charge in [-0.25, -0.2) is 0 Å². The number of hydrogen-bond donors (Lipinski definition) is 1. The minimum Gasteiger partial charge on any atom is -0.496 e. The maximum Gasteiger partial charge on any atom is 0.168 e. The summed E-state index contributed by atoms with van der Waals surface area (Å²) >= 11 is 0. The fraction of sp³-hybridized carbons (Fsp3) is 0.538. The van der Waals surface area contributed by atoms with Crippen molar-refractivity contribution >= 4 is 0 Å². The van der Waals surface area contributed by atoms with Gasteiger partial charge in [-0.05, 0) is 25.0 Å². The average Bonchev–Trinajstić information content (AvgIpc) is 3.18. The van der Waals surface area contributed by atoms with Crippen molar-refractivity contribution in [1.29, 1.82) is 0 Å². The Morgan fingerprint density at radius 1 is 1.29 bits per heavy atom. The molecule has 1 aliphatic heterocycles. The van der Waals surface area contributed by atoms with Crippen molar-refractivity contribution in [3.63, 3.8) is 0 Å². The van der Waals surface area contributed by atoms with Gasteiger partial charge in [0.25, 0.3) is 0 Å². The van der Waals surface area contributed by atoms with Crippen LogP contribution in [0.1, 0.15) is 18.4 Å². The SMILES string of the molecule is COc1ccc2c(c1C1(CN)CC1)OCCO2. The molecular formula is C13H17NO3. The number of benzene rings is 1. The summed E-state index contributed by atoms with van der Waals surface area (Å²) in [6.07, 6.45) is 2.19. The van der Waals surface area contributed by atoms with Gasteiger partial charge in [0.2, 0.25) is 0 Å². The Kier molecular flexibility index (Phi) is 2.40. The molecule has 0 spiro atoms. The molecule has 1 aliphatic carbocycles. The minimum absolute atomic E-state index is 0.0391. The molecule has 0 unspecified atom stereocenters. The van der Waals surface area contributed by atoms with Gasteiger partial charge in [0.05, 0.1) is 7.11 Å². The van der Waals surface area contributed by atoms with Gasteiger partial charge in [-0.2, -0.15) is 0 Å². The molecule has 2 aliphatic rings. The largest absolute Gasteiger partial charge is 0.496 e. The third kappa shape index (κ3) is 1.55. The minimum atomic E-state index is 0.0391. The highest BCUT2D eigenvalue weighted by atomic mass is 16.6. The molecular weight excluding hydrogens is 218 g/mol. The molecule has 17 heavy (non-hydrogen) atoms. The number of methoxy groups -OCH3 is 1. The first-order valence-electron chi connectivity index (χ1n) is 5.98. The zero-order valence-electron chi connectivity index (χ0n) is 9.99. The highest BCUT2D eigenvalue weighted by Crippen LogP contribution is 2.56. The van der Waals surface area contributed by atoms with Gasteiger partial charge in [-0.3, -0.25) is 0 Å². The van der Waals surface area contributed by atoms with Crippen molar-refractivity contribution < 1.29 is 14.2 Å². The second kappa shape index (κ2) is 3.81. The Hall–Kier alpha value is -1.42. The van der Waals surface area contributed by atoms with E-state index in [0.717, 1.165) is 35.7 Å². The van der Waals surface area contributed by atoms with Crippen LogP contribution in [0.15, 0.2) is 12.1 Å². The van der Waals surface area contributed by atoms with E-state index in [1.165, 1.54) is 0 Å². The van der Waals surface area contributed by atoms with Crippen LogP contribution in [-0.4, -0.2) is 26.9 Å². The van der Waals surface area contributed by atoms with Crippen molar-refractivity contribution in [2.45, 2.75) is 18.3 Å². The van der Waals surface area contributed by atoms with Crippen LogP contribution < -0.4 is 19.9 Å². The van der Waals surface area contributed by atoms with E-state index in [2.05, 4.69) is 0 Å². The van der Waals surface area contributed by atoms with Gasteiger partial charge in [0, 0.05) is 17.5 Å². The predicted octanol–water partition coefficient (Wildman–Crippen LogP) is 1.46. The Labute approximate surface area is 101 Å². The lowest BCUT2D eigenvalue weighted by Gasteiger charge is -2.26. The molecule has 0 radical (unpaired) electrons. The van der Waals surface area contributed by atoms with E-state index in [1.807, 2.05) is 12.1 Å². The van der Waals surface area contributed by atoms with Crippen LogP contribution in [0.3, 0.4) is 0 Å². The first-order chi connectivity index (χ1) is 8.30. The molecule has 1 aromatic carbocycles. The molecule has 2 N–H and O–H groups in total. The molecule has 0 saturated heterocycles. The second-order valence-electron chi connectivity index (χ2n) is 4.65. The third-order valence-electron chi connectivity index (χ3n) is 3.67. The van der Waals surface area contributed by atoms with Gasteiger partial charge in [0.15, 0.2) is 11.5 Å². The molecule has 1 heterocycles. The highest BCUT2D eigenvalue weighted by Gasteiger charge is 2.48. The van der Waals surface area contributed by atoms with Crippen molar-refractivity contribution in [2.75, 3.05) is 26.9 Å². The van der Waals surface area contributed by atoms with Crippen LogP contribution in [-0.2, 0) is 5.41 Å². The lowest BCUT2D eigenvalue weighted by atomic mass is 9.93. The van der Waals surface area contributed by atoms with Crippen molar-refractivity contribution in [2.24, 2.45) is 5.73 Å². The lowest BCUT2D eigenvalue weighted by molar-refractivity contribution is 0.167. The van der Waals surface area contributed by atoms with Crippen LogP contribution >= 0.6 is 0 Å². The molecule has 1 fully saturated rings. The molecule has 0 atom stereocenters. The quantitative estimate of drug-likeness (QED) is 0.861. The fourth-order valence-corrected chi connectivity index (χ4v) is 2.48. The topological polar surface area (TPSA) is 53.7 Å². The Balaban J connectivity index is 2.15. The summed E-state index contributed by atoms with van der Waals surface area (Å²) in [5.41, 5.74) is 7.04. The van der Waals surface area contributed by atoms with Crippen LogP contribution in [0.4, 0.5) is 0 Å². The van der Waals surface area contributed by atoms with Crippen LogP contribution in [0.2, 0.25) is 0 Å². The van der Waals surface area contributed by atoms with Gasteiger partial charge in [-0.15, -0.1) is 0 Å². The fourth-order valence-electron chi connectivity index (χ4n) is 2.48.